The van der Waals surface area contributed by atoms with Gasteiger partial charge in [-0.05, 0) is 67.6 Å². The number of nitrogens with zero attached hydrogens (tertiary/aromatic N) is 2. The summed E-state index contributed by atoms with van der Waals surface area (Å²) in [5.74, 6) is 0. The average Bonchev–Trinajstić information content (AvgIpc) is 2.91. The molecule has 0 aromatic heterocycles. The maximum Gasteiger partial charge on any atom is 0.0757 e. The van der Waals surface area contributed by atoms with E-state index in [0.717, 1.165) is 45.5 Å². The number of piperidine rings is 2. The third kappa shape index (κ3) is 5.71. The number of hydrogen-bond donors (Lipinski definition) is 0. The van der Waals surface area contributed by atoms with Crippen molar-refractivity contribution in [2.45, 2.75) is 44.1 Å². The van der Waals surface area contributed by atoms with E-state index in [1.165, 1.54) is 54.7 Å². The van der Waals surface area contributed by atoms with Gasteiger partial charge in [-0.2, -0.15) is 0 Å². The molecule has 2 fully saturated rings. The molecule has 3 aromatic rings. The molecule has 2 aliphatic rings. The molecule has 0 radical (unpaired) electrons. The number of ether oxygens (including phenoxy) is 1. The van der Waals surface area contributed by atoms with Crippen LogP contribution in [0, 0.1) is 0 Å². The Labute approximate surface area is 205 Å². The second-order valence-electron chi connectivity index (χ2n) is 9.96. The van der Waals surface area contributed by atoms with E-state index in [1.807, 2.05) is 0 Å². The lowest BCUT2D eigenvalue weighted by molar-refractivity contribution is -0.0683. The first-order valence-corrected chi connectivity index (χ1v) is 13.1. The molecule has 0 N–H and O–H groups in total. The van der Waals surface area contributed by atoms with Crippen molar-refractivity contribution in [1.82, 2.24) is 4.90 Å². The molecule has 2 saturated heterocycles. The van der Waals surface area contributed by atoms with Crippen molar-refractivity contribution in [3.05, 3.63) is 90.5 Å². The van der Waals surface area contributed by atoms with Gasteiger partial charge in [0, 0.05) is 31.7 Å². The van der Waals surface area contributed by atoms with Gasteiger partial charge in [-0.3, -0.25) is 0 Å². The van der Waals surface area contributed by atoms with Gasteiger partial charge in [-0.15, -0.1) is 0 Å². The Morgan fingerprint density at radius 3 is 2.06 bits per heavy atom. The fraction of sp³-hybridized carbons (Fsp3) is 0.419. The fourth-order valence-electron chi connectivity index (χ4n) is 5.68. The predicted molar refractivity (Wildman–Crippen MR) is 142 cm³/mol. The predicted octanol–water partition coefficient (Wildman–Crippen LogP) is 6.44. The second kappa shape index (κ2) is 11.2. The lowest BCUT2D eigenvalue weighted by Crippen LogP contribution is -2.48. The minimum atomic E-state index is -0.105. The molecule has 2 aliphatic heterocycles. The van der Waals surface area contributed by atoms with E-state index >= 15 is 0 Å². The number of likely N-dealkylation sites (tertiary alicyclic amines) is 1. The summed E-state index contributed by atoms with van der Waals surface area (Å²) in [6, 6.07) is 30.6. The van der Waals surface area contributed by atoms with Crippen LogP contribution >= 0.6 is 0 Å². The fourth-order valence-corrected chi connectivity index (χ4v) is 5.68. The Morgan fingerprint density at radius 2 is 1.32 bits per heavy atom. The van der Waals surface area contributed by atoms with Crippen molar-refractivity contribution in [1.29, 1.82) is 0 Å². The van der Waals surface area contributed by atoms with Crippen molar-refractivity contribution in [3.8, 4) is 11.1 Å². The van der Waals surface area contributed by atoms with E-state index in [2.05, 4.69) is 94.7 Å². The molecule has 0 bridgehead atoms. The van der Waals surface area contributed by atoms with Crippen LogP contribution in [0.25, 0.3) is 11.1 Å². The average molecular weight is 455 g/mol. The minimum Gasteiger partial charge on any atom is -0.373 e. The molecule has 0 saturated carbocycles. The van der Waals surface area contributed by atoms with E-state index in [-0.39, 0.29) is 5.60 Å². The van der Waals surface area contributed by atoms with E-state index in [4.69, 9.17) is 4.74 Å². The van der Waals surface area contributed by atoms with Gasteiger partial charge in [0.25, 0.3) is 0 Å². The van der Waals surface area contributed by atoms with Crippen molar-refractivity contribution in [3.63, 3.8) is 0 Å². The van der Waals surface area contributed by atoms with E-state index in [1.54, 1.807) is 0 Å². The Morgan fingerprint density at radius 1 is 0.676 bits per heavy atom. The maximum absolute atomic E-state index is 6.88. The first-order valence-electron chi connectivity index (χ1n) is 13.1. The third-order valence-corrected chi connectivity index (χ3v) is 7.68. The zero-order valence-electron chi connectivity index (χ0n) is 20.4. The highest BCUT2D eigenvalue weighted by Crippen LogP contribution is 2.35. The van der Waals surface area contributed by atoms with E-state index in [9.17, 15) is 0 Å². The van der Waals surface area contributed by atoms with Crippen LogP contribution in [0.2, 0.25) is 0 Å². The van der Waals surface area contributed by atoms with Crippen LogP contribution in [0.3, 0.4) is 0 Å². The summed E-state index contributed by atoms with van der Waals surface area (Å²) in [6.45, 7) is 6.44. The highest BCUT2D eigenvalue weighted by atomic mass is 16.5. The molecule has 2 heterocycles. The van der Waals surface area contributed by atoms with Gasteiger partial charge in [0.05, 0.1) is 12.2 Å². The van der Waals surface area contributed by atoms with E-state index in [0.29, 0.717) is 0 Å². The van der Waals surface area contributed by atoms with Crippen LogP contribution in [0.5, 0.6) is 0 Å². The molecule has 0 aliphatic carbocycles. The quantitative estimate of drug-likeness (QED) is 0.390. The monoisotopic (exact) mass is 454 g/mol. The summed E-state index contributed by atoms with van der Waals surface area (Å²) in [4.78, 5) is 5.11. The Balaban J connectivity index is 1.33. The topological polar surface area (TPSA) is 15.7 Å². The van der Waals surface area contributed by atoms with Gasteiger partial charge in [0.1, 0.15) is 0 Å². The molecule has 34 heavy (non-hydrogen) atoms. The van der Waals surface area contributed by atoms with Crippen molar-refractivity contribution < 1.29 is 4.74 Å². The van der Waals surface area contributed by atoms with E-state index < -0.39 is 0 Å². The first kappa shape index (κ1) is 23.1. The summed E-state index contributed by atoms with van der Waals surface area (Å²) < 4.78 is 6.88. The molecule has 0 amide bonds. The summed E-state index contributed by atoms with van der Waals surface area (Å²) in [7, 11) is 0. The first-order chi connectivity index (χ1) is 16.8. The van der Waals surface area contributed by atoms with Crippen molar-refractivity contribution in [2.24, 2.45) is 0 Å². The molecule has 3 nitrogen and oxygen atoms in total. The van der Waals surface area contributed by atoms with Crippen molar-refractivity contribution in [2.75, 3.05) is 44.2 Å². The SMILES string of the molecule is c1ccc(-c2ccccc2CC2(OCCN3CCCCC3)CCN(c3ccccc3)CC2)cc1. The van der Waals surface area contributed by atoms with Crippen LogP contribution in [-0.2, 0) is 11.2 Å². The van der Waals surface area contributed by atoms with Gasteiger partial charge in [-0.25, -0.2) is 0 Å². The number of hydrogen-bond acceptors (Lipinski definition) is 3. The summed E-state index contributed by atoms with van der Waals surface area (Å²) in [5.41, 5.74) is 5.26. The minimum absolute atomic E-state index is 0.105. The van der Waals surface area contributed by atoms with Crippen LogP contribution in [0.1, 0.15) is 37.7 Å². The van der Waals surface area contributed by atoms with Gasteiger partial charge in [-0.1, -0.05) is 79.2 Å². The van der Waals surface area contributed by atoms with Crippen LogP contribution in [0.15, 0.2) is 84.9 Å². The number of para-hydroxylation sites is 1. The second-order valence-corrected chi connectivity index (χ2v) is 9.96. The number of benzene rings is 3. The van der Waals surface area contributed by atoms with Gasteiger partial charge in [0.2, 0.25) is 0 Å². The lowest BCUT2D eigenvalue weighted by atomic mass is 9.82. The Kier molecular flexibility index (Phi) is 7.62. The van der Waals surface area contributed by atoms with Crippen LogP contribution < -0.4 is 4.90 Å². The molecule has 178 valence electrons. The molecule has 0 atom stereocenters. The standard InChI is InChI=1S/C31H38N2O/c1-4-12-27(13-5-1)30-17-9-8-14-28(30)26-31(34-25-24-32-20-10-3-11-21-32)18-22-33(23-19-31)29-15-6-2-7-16-29/h1-2,4-9,12-17H,3,10-11,18-26H2. The third-order valence-electron chi connectivity index (χ3n) is 7.68. The number of anilines is 1. The maximum atomic E-state index is 6.88. The molecule has 3 aromatic carbocycles. The highest BCUT2D eigenvalue weighted by Gasteiger charge is 2.36. The van der Waals surface area contributed by atoms with Gasteiger partial charge < -0.3 is 14.5 Å². The molecular weight excluding hydrogens is 416 g/mol. The van der Waals surface area contributed by atoms with Crippen molar-refractivity contribution >= 4 is 5.69 Å². The largest absolute Gasteiger partial charge is 0.373 e. The summed E-state index contributed by atoms with van der Waals surface area (Å²) >= 11 is 0. The smallest absolute Gasteiger partial charge is 0.0757 e. The molecule has 5 rings (SSSR count). The summed E-state index contributed by atoms with van der Waals surface area (Å²) in [6.07, 6.45) is 7.15. The zero-order valence-corrected chi connectivity index (χ0v) is 20.4. The Hall–Kier alpha value is -2.62. The molecule has 0 spiro atoms. The number of rotatable bonds is 8. The van der Waals surface area contributed by atoms with Gasteiger partial charge in [0.15, 0.2) is 0 Å². The summed E-state index contributed by atoms with van der Waals surface area (Å²) in [5, 5.41) is 0. The zero-order chi connectivity index (χ0) is 23.1. The van der Waals surface area contributed by atoms with Crippen LogP contribution in [0.4, 0.5) is 5.69 Å². The molecular formula is C31H38N2O. The molecule has 0 unspecified atom stereocenters. The van der Waals surface area contributed by atoms with Crippen LogP contribution in [-0.4, -0.2) is 49.8 Å². The Bertz CT molecular complexity index is 1010. The van der Waals surface area contributed by atoms with Gasteiger partial charge >= 0.3 is 0 Å². The molecule has 3 heteroatoms. The lowest BCUT2D eigenvalue weighted by Gasteiger charge is -2.43. The normalized spacial score (nSPS) is 18.6. The highest BCUT2D eigenvalue weighted by molar-refractivity contribution is 5.67.